The molecule has 0 amide bonds. The zero-order chi connectivity index (χ0) is 19.0. The van der Waals surface area contributed by atoms with Crippen LogP contribution in [0.15, 0.2) is 12.5 Å². The molecule has 3 aromatic rings. The van der Waals surface area contributed by atoms with Gasteiger partial charge in [0.05, 0.1) is 32.3 Å². The first-order valence-electron chi connectivity index (χ1n) is 9.19. The molecule has 1 aliphatic rings. The summed E-state index contributed by atoms with van der Waals surface area (Å²) in [5.41, 5.74) is 4.12. The summed E-state index contributed by atoms with van der Waals surface area (Å²) in [5.74, 6) is 1.71. The molecule has 9 nitrogen and oxygen atoms in total. The SMILES string of the molecule is Cc1c(CN(C)Cc2nc(N3CCOCC3)c3ncn(C)c3n2)cnn1C. The van der Waals surface area contributed by atoms with Gasteiger partial charge in [0.1, 0.15) is 5.82 Å². The molecular formula is C18H26N8O. The third-order valence-corrected chi connectivity index (χ3v) is 5.09. The van der Waals surface area contributed by atoms with Gasteiger partial charge >= 0.3 is 0 Å². The molecule has 0 atom stereocenters. The molecule has 0 saturated carbocycles. The van der Waals surface area contributed by atoms with Crippen LogP contribution in [0, 0.1) is 6.92 Å². The number of fused-ring (bicyclic) bond motifs is 1. The predicted octanol–water partition coefficient (Wildman–Crippen LogP) is 0.874. The van der Waals surface area contributed by atoms with Crippen LogP contribution in [-0.2, 0) is 31.9 Å². The fourth-order valence-electron chi connectivity index (χ4n) is 3.39. The first-order chi connectivity index (χ1) is 13.0. The van der Waals surface area contributed by atoms with Crippen LogP contribution >= 0.6 is 0 Å². The third kappa shape index (κ3) is 3.52. The summed E-state index contributed by atoms with van der Waals surface area (Å²) in [6, 6.07) is 0. The van der Waals surface area contributed by atoms with Crippen molar-refractivity contribution in [2.75, 3.05) is 38.3 Å². The quantitative estimate of drug-likeness (QED) is 0.660. The maximum atomic E-state index is 5.49. The van der Waals surface area contributed by atoms with E-state index in [-0.39, 0.29) is 0 Å². The summed E-state index contributed by atoms with van der Waals surface area (Å²) in [4.78, 5) is 18.6. The van der Waals surface area contributed by atoms with Crippen molar-refractivity contribution in [1.82, 2.24) is 34.2 Å². The van der Waals surface area contributed by atoms with E-state index >= 15 is 0 Å². The number of hydrogen-bond acceptors (Lipinski definition) is 7. The van der Waals surface area contributed by atoms with E-state index in [4.69, 9.17) is 14.7 Å². The number of hydrogen-bond donors (Lipinski definition) is 0. The Morgan fingerprint density at radius 1 is 1.15 bits per heavy atom. The molecule has 0 unspecified atom stereocenters. The topological polar surface area (TPSA) is 77.1 Å². The Balaban J connectivity index is 1.61. The fraction of sp³-hybridized carbons (Fsp3) is 0.556. The minimum atomic E-state index is 0.660. The van der Waals surface area contributed by atoms with Crippen molar-refractivity contribution in [3.05, 3.63) is 29.6 Å². The Bertz CT molecular complexity index is 940. The van der Waals surface area contributed by atoms with E-state index in [9.17, 15) is 0 Å². The van der Waals surface area contributed by atoms with Gasteiger partial charge in [0, 0.05) is 45.0 Å². The van der Waals surface area contributed by atoms with Crippen molar-refractivity contribution < 1.29 is 4.74 Å². The Morgan fingerprint density at radius 3 is 2.63 bits per heavy atom. The highest BCUT2D eigenvalue weighted by Gasteiger charge is 2.20. The molecule has 0 radical (unpaired) electrons. The molecule has 4 heterocycles. The second-order valence-corrected chi connectivity index (χ2v) is 7.14. The lowest BCUT2D eigenvalue weighted by atomic mass is 10.2. The molecule has 0 spiro atoms. The zero-order valence-corrected chi connectivity index (χ0v) is 16.4. The maximum absolute atomic E-state index is 5.49. The highest BCUT2D eigenvalue weighted by Crippen LogP contribution is 2.23. The maximum Gasteiger partial charge on any atom is 0.165 e. The molecule has 0 aromatic carbocycles. The van der Waals surface area contributed by atoms with Crippen LogP contribution in [0.4, 0.5) is 5.82 Å². The molecule has 0 N–H and O–H groups in total. The number of nitrogens with zero attached hydrogens (tertiary/aromatic N) is 8. The number of anilines is 1. The molecule has 144 valence electrons. The second-order valence-electron chi connectivity index (χ2n) is 7.14. The zero-order valence-electron chi connectivity index (χ0n) is 16.4. The molecule has 3 aromatic heterocycles. The molecule has 1 aliphatic heterocycles. The summed E-state index contributed by atoms with van der Waals surface area (Å²) in [6.45, 7) is 6.64. The van der Waals surface area contributed by atoms with E-state index in [1.165, 1.54) is 11.3 Å². The average molecular weight is 370 g/mol. The van der Waals surface area contributed by atoms with Crippen LogP contribution in [0.3, 0.4) is 0 Å². The van der Waals surface area contributed by atoms with Gasteiger partial charge in [-0.1, -0.05) is 0 Å². The molecule has 27 heavy (non-hydrogen) atoms. The van der Waals surface area contributed by atoms with E-state index in [0.29, 0.717) is 19.8 Å². The fourth-order valence-corrected chi connectivity index (χ4v) is 3.39. The number of aromatic nitrogens is 6. The number of aryl methyl sites for hydroxylation is 2. The summed E-state index contributed by atoms with van der Waals surface area (Å²) in [5, 5.41) is 4.33. The van der Waals surface area contributed by atoms with Gasteiger partial charge in [-0.05, 0) is 14.0 Å². The molecule has 1 fully saturated rings. The lowest BCUT2D eigenvalue weighted by Crippen LogP contribution is -2.37. The molecular weight excluding hydrogens is 344 g/mol. The van der Waals surface area contributed by atoms with E-state index in [1.807, 2.05) is 29.5 Å². The van der Waals surface area contributed by atoms with Crippen molar-refractivity contribution in [3.63, 3.8) is 0 Å². The number of imidazole rings is 1. The molecule has 4 rings (SSSR count). The van der Waals surface area contributed by atoms with Gasteiger partial charge in [-0.25, -0.2) is 15.0 Å². The summed E-state index contributed by atoms with van der Waals surface area (Å²) < 4.78 is 9.34. The Morgan fingerprint density at radius 2 is 1.93 bits per heavy atom. The monoisotopic (exact) mass is 370 g/mol. The standard InChI is InChI=1S/C18H26N8O/c1-13-14(9-20-25(13)4)10-23(2)11-15-21-17-16(19-12-24(17)3)18(22-15)26-5-7-27-8-6-26/h9,12H,5-8,10-11H2,1-4H3. The lowest BCUT2D eigenvalue weighted by molar-refractivity contribution is 0.122. The van der Waals surface area contributed by atoms with Gasteiger partial charge in [0.2, 0.25) is 0 Å². The van der Waals surface area contributed by atoms with Gasteiger partial charge in [-0.2, -0.15) is 5.10 Å². The molecule has 0 bridgehead atoms. The van der Waals surface area contributed by atoms with Crippen molar-refractivity contribution in [1.29, 1.82) is 0 Å². The van der Waals surface area contributed by atoms with Crippen LogP contribution in [0.25, 0.3) is 11.2 Å². The van der Waals surface area contributed by atoms with Crippen LogP contribution in [-0.4, -0.2) is 67.6 Å². The Labute approximate surface area is 158 Å². The van der Waals surface area contributed by atoms with E-state index in [0.717, 1.165) is 42.4 Å². The van der Waals surface area contributed by atoms with E-state index in [1.54, 1.807) is 6.33 Å². The second kappa shape index (κ2) is 7.24. The van der Waals surface area contributed by atoms with Gasteiger partial charge in [-0.3, -0.25) is 9.58 Å². The van der Waals surface area contributed by atoms with E-state index < -0.39 is 0 Å². The van der Waals surface area contributed by atoms with E-state index in [2.05, 4.69) is 33.9 Å². The third-order valence-electron chi connectivity index (χ3n) is 5.09. The smallest absolute Gasteiger partial charge is 0.165 e. The minimum Gasteiger partial charge on any atom is -0.378 e. The van der Waals surface area contributed by atoms with Gasteiger partial charge in [0.25, 0.3) is 0 Å². The number of rotatable bonds is 5. The average Bonchev–Trinajstić information content (AvgIpc) is 3.19. The van der Waals surface area contributed by atoms with Gasteiger partial charge in [0.15, 0.2) is 17.0 Å². The Kier molecular flexibility index (Phi) is 4.79. The van der Waals surface area contributed by atoms with Gasteiger partial charge < -0.3 is 14.2 Å². The van der Waals surface area contributed by atoms with Gasteiger partial charge in [-0.15, -0.1) is 0 Å². The molecule has 9 heteroatoms. The predicted molar refractivity (Wildman–Crippen MR) is 102 cm³/mol. The summed E-state index contributed by atoms with van der Waals surface area (Å²) in [7, 11) is 6.02. The normalized spacial score (nSPS) is 15.2. The van der Waals surface area contributed by atoms with Crippen LogP contribution in [0.1, 0.15) is 17.1 Å². The summed E-state index contributed by atoms with van der Waals surface area (Å²) in [6.07, 6.45) is 3.73. The minimum absolute atomic E-state index is 0.660. The van der Waals surface area contributed by atoms with Crippen molar-refractivity contribution in [2.24, 2.45) is 14.1 Å². The first-order valence-corrected chi connectivity index (χ1v) is 9.19. The number of morpholine rings is 1. The van der Waals surface area contributed by atoms with Crippen molar-refractivity contribution >= 4 is 17.0 Å². The van der Waals surface area contributed by atoms with Crippen LogP contribution in [0.5, 0.6) is 0 Å². The lowest BCUT2D eigenvalue weighted by Gasteiger charge is -2.28. The Hall–Kier alpha value is -2.52. The summed E-state index contributed by atoms with van der Waals surface area (Å²) >= 11 is 0. The first kappa shape index (κ1) is 17.9. The highest BCUT2D eigenvalue weighted by atomic mass is 16.5. The molecule has 1 saturated heterocycles. The highest BCUT2D eigenvalue weighted by molar-refractivity contribution is 5.83. The molecule has 0 aliphatic carbocycles. The largest absolute Gasteiger partial charge is 0.378 e. The number of ether oxygens (including phenoxy) is 1. The van der Waals surface area contributed by atoms with Crippen molar-refractivity contribution in [2.45, 2.75) is 20.0 Å². The van der Waals surface area contributed by atoms with Crippen LogP contribution < -0.4 is 4.90 Å². The van der Waals surface area contributed by atoms with Crippen molar-refractivity contribution in [3.8, 4) is 0 Å². The van der Waals surface area contributed by atoms with Crippen LogP contribution in [0.2, 0.25) is 0 Å².